The van der Waals surface area contributed by atoms with Crippen molar-refractivity contribution in [3.63, 3.8) is 0 Å². The van der Waals surface area contributed by atoms with Crippen molar-refractivity contribution in [2.75, 3.05) is 6.54 Å². The molecule has 1 atom stereocenters. The zero-order valence-electron chi connectivity index (χ0n) is 17.8. The maximum atomic E-state index is 14.4. The highest BCUT2D eigenvalue weighted by molar-refractivity contribution is 14.1. The predicted molar refractivity (Wildman–Crippen MR) is 118 cm³/mol. The van der Waals surface area contributed by atoms with E-state index in [9.17, 15) is 9.18 Å². The molecule has 0 aliphatic carbocycles. The Morgan fingerprint density at radius 2 is 2.03 bits per heavy atom. The van der Waals surface area contributed by atoms with E-state index in [0.717, 1.165) is 22.0 Å². The second kappa shape index (κ2) is 7.85. The summed E-state index contributed by atoms with van der Waals surface area (Å²) in [5, 5.41) is 4.66. The van der Waals surface area contributed by atoms with Gasteiger partial charge in [-0.2, -0.15) is 5.10 Å². The fourth-order valence-electron chi connectivity index (χ4n) is 3.68. The number of piperidine rings is 1. The molecule has 3 rings (SSSR count). The van der Waals surface area contributed by atoms with E-state index in [0.29, 0.717) is 12.2 Å². The SMILES string of the molecule is Cc1cnc(-c2nn(C3CCN(C(=O)OC(C)(C)C)C(C)(C)C3)cc2I)c(F)c1. The van der Waals surface area contributed by atoms with E-state index < -0.39 is 5.60 Å². The van der Waals surface area contributed by atoms with E-state index in [1.165, 1.54) is 6.07 Å². The standard InChI is InChI=1S/C21H28FIN4O2/c1-13-9-15(22)17(24-11-13)18-16(23)12-27(25-18)14-7-8-26(21(5,6)10-14)19(28)29-20(2,3)4/h9,11-12,14H,7-8,10H2,1-6H3. The summed E-state index contributed by atoms with van der Waals surface area (Å²) in [6.07, 6.45) is 4.77. The topological polar surface area (TPSA) is 60.2 Å². The molecule has 1 aliphatic heterocycles. The Morgan fingerprint density at radius 3 is 2.62 bits per heavy atom. The highest BCUT2D eigenvalue weighted by Crippen LogP contribution is 2.36. The summed E-state index contributed by atoms with van der Waals surface area (Å²) in [5.74, 6) is -0.367. The monoisotopic (exact) mass is 514 g/mol. The smallest absolute Gasteiger partial charge is 0.410 e. The third-order valence-electron chi connectivity index (χ3n) is 5.03. The molecule has 1 unspecified atom stereocenters. The minimum absolute atomic E-state index is 0.111. The number of pyridine rings is 1. The normalized spacial score (nSPS) is 19.3. The number of rotatable bonds is 2. The molecular formula is C21H28FIN4O2. The Morgan fingerprint density at radius 1 is 1.34 bits per heavy atom. The third-order valence-corrected chi connectivity index (χ3v) is 5.82. The number of aromatic nitrogens is 3. The van der Waals surface area contributed by atoms with E-state index in [1.807, 2.05) is 52.4 Å². The zero-order valence-corrected chi connectivity index (χ0v) is 19.9. The van der Waals surface area contributed by atoms with Crippen molar-refractivity contribution < 1.29 is 13.9 Å². The van der Waals surface area contributed by atoms with Crippen LogP contribution in [0.2, 0.25) is 0 Å². The number of likely N-dealkylation sites (tertiary alicyclic amines) is 1. The molecule has 0 aromatic carbocycles. The number of halogens is 2. The van der Waals surface area contributed by atoms with E-state index in [4.69, 9.17) is 4.74 Å². The molecule has 0 saturated carbocycles. The van der Waals surface area contributed by atoms with Crippen molar-refractivity contribution in [2.45, 2.75) is 71.6 Å². The largest absolute Gasteiger partial charge is 0.444 e. The fourth-order valence-corrected chi connectivity index (χ4v) is 4.32. The maximum absolute atomic E-state index is 14.4. The number of aryl methyl sites for hydroxylation is 1. The van der Waals surface area contributed by atoms with Crippen LogP contribution in [-0.4, -0.2) is 43.4 Å². The van der Waals surface area contributed by atoms with Crippen LogP contribution in [0, 0.1) is 16.3 Å². The van der Waals surface area contributed by atoms with Crippen LogP contribution in [0.4, 0.5) is 9.18 Å². The molecule has 2 aromatic heterocycles. The Balaban J connectivity index is 1.81. The highest BCUT2D eigenvalue weighted by atomic mass is 127. The van der Waals surface area contributed by atoms with Crippen molar-refractivity contribution in [3.8, 4) is 11.4 Å². The average Bonchev–Trinajstić information content (AvgIpc) is 2.94. The van der Waals surface area contributed by atoms with Gasteiger partial charge in [-0.15, -0.1) is 0 Å². The molecule has 1 amide bonds. The first-order valence-corrected chi connectivity index (χ1v) is 10.8. The van der Waals surface area contributed by atoms with Gasteiger partial charge in [0.05, 0.1) is 9.61 Å². The predicted octanol–water partition coefficient (Wildman–Crippen LogP) is 5.35. The van der Waals surface area contributed by atoms with Gasteiger partial charge in [-0.1, -0.05) is 0 Å². The number of carbonyl (C=O) groups excluding carboxylic acids is 1. The molecular weight excluding hydrogens is 486 g/mol. The molecule has 1 aliphatic rings. The molecule has 0 spiro atoms. The van der Waals surface area contributed by atoms with Gasteiger partial charge in [-0.05, 0) is 88.6 Å². The summed E-state index contributed by atoms with van der Waals surface area (Å²) in [7, 11) is 0. The van der Waals surface area contributed by atoms with E-state index in [-0.39, 0.29) is 29.2 Å². The van der Waals surface area contributed by atoms with Gasteiger partial charge in [0.25, 0.3) is 0 Å². The number of nitrogens with zero attached hydrogens (tertiary/aromatic N) is 4. The Kier molecular flexibility index (Phi) is 5.95. The molecule has 3 heterocycles. The summed E-state index contributed by atoms with van der Waals surface area (Å²) in [6, 6.07) is 1.58. The van der Waals surface area contributed by atoms with Crippen molar-refractivity contribution in [1.29, 1.82) is 0 Å². The lowest BCUT2D eigenvalue weighted by molar-refractivity contribution is -0.0143. The van der Waals surface area contributed by atoms with Gasteiger partial charge >= 0.3 is 6.09 Å². The van der Waals surface area contributed by atoms with Crippen LogP contribution in [0.3, 0.4) is 0 Å². The first kappa shape index (κ1) is 22.0. The van der Waals surface area contributed by atoms with E-state index in [1.54, 1.807) is 11.1 Å². The lowest BCUT2D eigenvalue weighted by atomic mass is 9.87. The molecule has 0 N–H and O–H groups in total. The van der Waals surface area contributed by atoms with E-state index >= 15 is 0 Å². The minimum Gasteiger partial charge on any atom is -0.444 e. The molecule has 0 bridgehead atoms. The number of amides is 1. The summed E-state index contributed by atoms with van der Waals surface area (Å²) < 4.78 is 22.7. The Hall–Kier alpha value is -1.71. The van der Waals surface area contributed by atoms with Gasteiger partial charge in [-0.3, -0.25) is 9.67 Å². The van der Waals surface area contributed by atoms with Gasteiger partial charge in [0.15, 0.2) is 5.82 Å². The highest BCUT2D eigenvalue weighted by Gasteiger charge is 2.40. The van der Waals surface area contributed by atoms with Gasteiger partial charge < -0.3 is 9.64 Å². The molecule has 8 heteroatoms. The number of hydrogen-bond donors (Lipinski definition) is 0. The average molecular weight is 514 g/mol. The number of carbonyl (C=O) groups is 1. The molecule has 0 radical (unpaired) electrons. The third kappa shape index (κ3) is 4.90. The van der Waals surface area contributed by atoms with Crippen LogP contribution in [0.25, 0.3) is 11.4 Å². The first-order chi connectivity index (χ1) is 13.4. The molecule has 29 heavy (non-hydrogen) atoms. The van der Waals surface area contributed by atoms with Gasteiger partial charge in [0, 0.05) is 24.5 Å². The van der Waals surface area contributed by atoms with Crippen LogP contribution in [-0.2, 0) is 4.74 Å². The molecule has 6 nitrogen and oxygen atoms in total. The van der Waals surface area contributed by atoms with Crippen molar-refractivity contribution in [3.05, 3.63) is 33.4 Å². The maximum Gasteiger partial charge on any atom is 0.410 e. The first-order valence-electron chi connectivity index (χ1n) is 9.75. The number of hydrogen-bond acceptors (Lipinski definition) is 4. The molecule has 158 valence electrons. The molecule has 1 saturated heterocycles. The number of ether oxygens (including phenoxy) is 1. The fraction of sp³-hybridized carbons (Fsp3) is 0.571. The van der Waals surface area contributed by atoms with E-state index in [2.05, 4.69) is 32.7 Å². The lowest BCUT2D eigenvalue weighted by Gasteiger charge is -2.45. The minimum atomic E-state index is -0.526. The summed E-state index contributed by atoms with van der Waals surface area (Å²) >= 11 is 2.17. The summed E-state index contributed by atoms with van der Waals surface area (Å²) in [5.41, 5.74) is 0.690. The van der Waals surface area contributed by atoms with Crippen molar-refractivity contribution in [1.82, 2.24) is 19.7 Å². The van der Waals surface area contributed by atoms with Gasteiger partial charge in [0.1, 0.15) is 17.0 Å². The van der Waals surface area contributed by atoms with Gasteiger partial charge in [-0.25, -0.2) is 9.18 Å². The van der Waals surface area contributed by atoms with Crippen LogP contribution in [0.15, 0.2) is 18.5 Å². The van der Waals surface area contributed by atoms with Crippen molar-refractivity contribution in [2.24, 2.45) is 0 Å². The molecule has 1 fully saturated rings. The summed E-state index contributed by atoms with van der Waals surface area (Å²) in [4.78, 5) is 18.6. The molecule has 2 aromatic rings. The van der Waals surface area contributed by atoms with Crippen molar-refractivity contribution >= 4 is 28.7 Å². The van der Waals surface area contributed by atoms with Gasteiger partial charge in [0.2, 0.25) is 0 Å². The van der Waals surface area contributed by atoms with Crippen LogP contribution < -0.4 is 0 Å². The Labute approximate surface area is 185 Å². The lowest BCUT2D eigenvalue weighted by Crippen LogP contribution is -2.54. The Bertz CT molecular complexity index is 920. The second-order valence-electron chi connectivity index (χ2n) is 9.24. The zero-order chi connectivity index (χ0) is 21.6. The van der Waals surface area contributed by atoms with Crippen LogP contribution in [0.5, 0.6) is 0 Å². The van der Waals surface area contributed by atoms with Crippen LogP contribution in [0.1, 0.15) is 59.1 Å². The summed E-state index contributed by atoms with van der Waals surface area (Å²) in [6.45, 7) is 12.1. The second-order valence-corrected chi connectivity index (χ2v) is 10.4. The van der Waals surface area contributed by atoms with Crippen LogP contribution >= 0.6 is 22.6 Å². The quantitative estimate of drug-likeness (QED) is 0.508.